The Morgan fingerprint density at radius 2 is 2.21 bits per heavy atom. The Hall–Kier alpha value is -1.17. The van der Waals surface area contributed by atoms with E-state index in [1.54, 1.807) is 13.2 Å². The summed E-state index contributed by atoms with van der Waals surface area (Å²) in [4.78, 5) is 2.03. The lowest BCUT2D eigenvalue weighted by Gasteiger charge is -2.22. The summed E-state index contributed by atoms with van der Waals surface area (Å²) in [6.45, 7) is 2.36. The SMILES string of the molecule is COCCN(CCC(=N)N)Cc1cc(F)ccc1Cl. The standard InChI is InChI=1S/C13H19ClFN3O/c1-19-7-6-18(5-4-13(16)17)9-10-8-11(15)2-3-12(10)14/h2-3,8H,4-7,9H2,1H3,(H3,16,17). The van der Waals surface area contributed by atoms with E-state index in [0.717, 1.165) is 5.56 Å². The molecule has 0 bridgehead atoms. The van der Waals surface area contributed by atoms with Crippen LogP contribution in [-0.4, -0.2) is 37.5 Å². The monoisotopic (exact) mass is 287 g/mol. The predicted molar refractivity (Wildman–Crippen MR) is 75.1 cm³/mol. The lowest BCUT2D eigenvalue weighted by Crippen LogP contribution is -2.30. The summed E-state index contributed by atoms with van der Waals surface area (Å²) >= 11 is 6.05. The van der Waals surface area contributed by atoms with Crippen LogP contribution in [0.2, 0.25) is 5.02 Å². The molecule has 0 spiro atoms. The highest BCUT2D eigenvalue weighted by Gasteiger charge is 2.10. The van der Waals surface area contributed by atoms with Gasteiger partial charge in [0.25, 0.3) is 0 Å². The molecule has 0 atom stereocenters. The fraction of sp³-hybridized carbons (Fsp3) is 0.462. The van der Waals surface area contributed by atoms with Crippen molar-refractivity contribution in [3.63, 3.8) is 0 Å². The molecule has 0 aliphatic carbocycles. The van der Waals surface area contributed by atoms with Gasteiger partial charge in [0.2, 0.25) is 0 Å². The quantitative estimate of drug-likeness (QED) is 0.569. The minimum atomic E-state index is -0.308. The number of halogens is 2. The molecule has 0 unspecified atom stereocenters. The fourth-order valence-corrected chi connectivity index (χ4v) is 1.85. The van der Waals surface area contributed by atoms with Crippen molar-refractivity contribution in [1.82, 2.24) is 4.90 Å². The first kappa shape index (κ1) is 15.9. The maximum atomic E-state index is 13.2. The Labute approximate surface area is 117 Å². The molecule has 1 rings (SSSR count). The van der Waals surface area contributed by atoms with Gasteiger partial charge in [0.05, 0.1) is 12.4 Å². The lowest BCUT2D eigenvalue weighted by atomic mass is 10.2. The lowest BCUT2D eigenvalue weighted by molar-refractivity contribution is 0.145. The summed E-state index contributed by atoms with van der Waals surface area (Å²) in [5.74, 6) is -0.176. The van der Waals surface area contributed by atoms with Crippen LogP contribution in [-0.2, 0) is 11.3 Å². The normalized spacial score (nSPS) is 10.9. The van der Waals surface area contributed by atoms with Gasteiger partial charge in [0.15, 0.2) is 0 Å². The summed E-state index contributed by atoms with van der Waals surface area (Å²) in [6.07, 6.45) is 0.469. The van der Waals surface area contributed by atoms with Gasteiger partial charge in [0, 0.05) is 38.2 Å². The largest absolute Gasteiger partial charge is 0.388 e. The average Bonchev–Trinajstić information content (AvgIpc) is 2.36. The van der Waals surface area contributed by atoms with Gasteiger partial charge < -0.3 is 10.5 Å². The van der Waals surface area contributed by atoms with Crippen LogP contribution in [0.5, 0.6) is 0 Å². The Balaban J connectivity index is 2.68. The number of nitrogens with two attached hydrogens (primary N) is 1. The van der Waals surface area contributed by atoms with Gasteiger partial charge in [-0.25, -0.2) is 4.39 Å². The second kappa shape index (κ2) is 8.09. The van der Waals surface area contributed by atoms with Crippen molar-refractivity contribution in [3.8, 4) is 0 Å². The zero-order valence-electron chi connectivity index (χ0n) is 11.0. The minimum absolute atomic E-state index is 0.132. The van der Waals surface area contributed by atoms with Crippen molar-refractivity contribution in [3.05, 3.63) is 34.6 Å². The smallest absolute Gasteiger partial charge is 0.123 e. The first-order chi connectivity index (χ1) is 9.02. The highest BCUT2D eigenvalue weighted by molar-refractivity contribution is 6.31. The van der Waals surface area contributed by atoms with E-state index in [2.05, 4.69) is 0 Å². The highest BCUT2D eigenvalue weighted by atomic mass is 35.5. The molecule has 0 aliphatic rings. The maximum Gasteiger partial charge on any atom is 0.123 e. The molecule has 0 saturated heterocycles. The van der Waals surface area contributed by atoms with Crippen molar-refractivity contribution in [2.24, 2.45) is 5.73 Å². The molecule has 3 N–H and O–H groups in total. The van der Waals surface area contributed by atoms with E-state index in [-0.39, 0.29) is 11.7 Å². The van der Waals surface area contributed by atoms with E-state index in [9.17, 15) is 4.39 Å². The summed E-state index contributed by atoms with van der Waals surface area (Å²) in [6, 6.07) is 4.31. The van der Waals surface area contributed by atoms with Crippen molar-refractivity contribution < 1.29 is 9.13 Å². The number of benzene rings is 1. The Morgan fingerprint density at radius 1 is 1.47 bits per heavy atom. The molecule has 6 heteroatoms. The van der Waals surface area contributed by atoms with Gasteiger partial charge in [-0.2, -0.15) is 0 Å². The molecular formula is C13H19ClFN3O. The zero-order chi connectivity index (χ0) is 14.3. The van der Waals surface area contributed by atoms with Crippen LogP contribution in [0.25, 0.3) is 0 Å². The van der Waals surface area contributed by atoms with Crippen LogP contribution < -0.4 is 5.73 Å². The van der Waals surface area contributed by atoms with Gasteiger partial charge in [0.1, 0.15) is 5.82 Å². The third-order valence-corrected chi connectivity index (χ3v) is 3.08. The van der Waals surface area contributed by atoms with Gasteiger partial charge >= 0.3 is 0 Å². The molecule has 0 amide bonds. The molecular weight excluding hydrogens is 269 g/mol. The van der Waals surface area contributed by atoms with E-state index in [1.807, 2.05) is 4.90 Å². The molecule has 0 aromatic heterocycles. The number of nitrogens with zero attached hydrogens (tertiary/aromatic N) is 1. The second-order valence-corrected chi connectivity index (χ2v) is 4.69. The number of nitrogens with one attached hydrogen (secondary N) is 1. The van der Waals surface area contributed by atoms with Crippen molar-refractivity contribution >= 4 is 17.4 Å². The summed E-state index contributed by atoms with van der Waals surface area (Å²) in [5, 5.41) is 7.79. The van der Waals surface area contributed by atoms with Crippen molar-refractivity contribution in [2.75, 3.05) is 26.8 Å². The van der Waals surface area contributed by atoms with Crippen LogP contribution in [0, 0.1) is 11.2 Å². The van der Waals surface area contributed by atoms with E-state index in [4.69, 9.17) is 27.5 Å². The minimum Gasteiger partial charge on any atom is -0.388 e. The van der Waals surface area contributed by atoms with Crippen LogP contribution in [0.15, 0.2) is 18.2 Å². The molecule has 0 heterocycles. The molecule has 0 fully saturated rings. The van der Waals surface area contributed by atoms with Crippen molar-refractivity contribution in [1.29, 1.82) is 5.41 Å². The third-order valence-electron chi connectivity index (χ3n) is 2.71. The third kappa shape index (κ3) is 6.00. The predicted octanol–water partition coefficient (Wildman–Crippen LogP) is 2.25. The average molecular weight is 288 g/mol. The summed E-state index contributed by atoms with van der Waals surface area (Å²) in [7, 11) is 1.62. The first-order valence-corrected chi connectivity index (χ1v) is 6.39. The number of rotatable bonds is 8. The molecule has 4 nitrogen and oxygen atoms in total. The highest BCUT2D eigenvalue weighted by Crippen LogP contribution is 2.19. The number of hydrogen-bond donors (Lipinski definition) is 2. The van der Waals surface area contributed by atoms with E-state index in [1.165, 1.54) is 12.1 Å². The summed E-state index contributed by atoms with van der Waals surface area (Å²) < 4.78 is 18.2. The Kier molecular flexibility index (Phi) is 6.77. The fourth-order valence-electron chi connectivity index (χ4n) is 1.67. The molecule has 0 saturated carbocycles. The maximum absolute atomic E-state index is 13.2. The number of amidine groups is 1. The first-order valence-electron chi connectivity index (χ1n) is 6.01. The molecule has 0 aliphatic heterocycles. The van der Waals surface area contributed by atoms with E-state index >= 15 is 0 Å². The Morgan fingerprint density at radius 3 is 2.84 bits per heavy atom. The van der Waals surface area contributed by atoms with Crippen LogP contribution in [0.1, 0.15) is 12.0 Å². The number of methoxy groups -OCH3 is 1. The number of ether oxygens (including phenoxy) is 1. The molecule has 106 valence electrons. The van der Waals surface area contributed by atoms with Gasteiger partial charge in [-0.3, -0.25) is 10.3 Å². The van der Waals surface area contributed by atoms with Gasteiger partial charge in [-0.1, -0.05) is 11.6 Å². The van der Waals surface area contributed by atoms with E-state index < -0.39 is 0 Å². The molecule has 19 heavy (non-hydrogen) atoms. The molecule has 1 aromatic carbocycles. The van der Waals surface area contributed by atoms with Crippen LogP contribution in [0.3, 0.4) is 0 Å². The van der Waals surface area contributed by atoms with Crippen molar-refractivity contribution in [2.45, 2.75) is 13.0 Å². The van der Waals surface area contributed by atoms with Gasteiger partial charge in [-0.05, 0) is 23.8 Å². The topological polar surface area (TPSA) is 62.3 Å². The van der Waals surface area contributed by atoms with Gasteiger partial charge in [-0.15, -0.1) is 0 Å². The summed E-state index contributed by atoms with van der Waals surface area (Å²) in [5.41, 5.74) is 6.08. The number of hydrogen-bond acceptors (Lipinski definition) is 3. The van der Waals surface area contributed by atoms with Crippen LogP contribution >= 0.6 is 11.6 Å². The van der Waals surface area contributed by atoms with E-state index in [0.29, 0.717) is 37.7 Å². The zero-order valence-corrected chi connectivity index (χ0v) is 11.7. The Bertz CT molecular complexity index is 428. The molecule has 1 aromatic rings. The van der Waals surface area contributed by atoms with Crippen LogP contribution in [0.4, 0.5) is 4.39 Å². The molecule has 0 radical (unpaired) electrons. The second-order valence-electron chi connectivity index (χ2n) is 4.28.